The van der Waals surface area contributed by atoms with Crippen LogP contribution in [0.4, 0.5) is 8.78 Å². The normalized spacial score (nSPS) is 10.5. The third kappa shape index (κ3) is 1.63. The summed E-state index contributed by atoms with van der Waals surface area (Å²) < 4.78 is 31.7. The van der Waals surface area contributed by atoms with Gasteiger partial charge in [-0.3, -0.25) is 0 Å². The van der Waals surface area contributed by atoms with Crippen molar-refractivity contribution in [1.82, 2.24) is 4.98 Å². The molecule has 0 aliphatic heterocycles. The maximum absolute atomic E-state index is 13.2. The lowest BCUT2D eigenvalue weighted by Crippen LogP contribution is -1.89. The van der Waals surface area contributed by atoms with E-state index < -0.39 is 11.6 Å². The predicted octanol–water partition coefficient (Wildman–Crippen LogP) is 3.22. The minimum Gasteiger partial charge on any atom is -0.440 e. The summed E-state index contributed by atoms with van der Waals surface area (Å²) in [6.45, 7) is 0. The summed E-state index contributed by atoms with van der Waals surface area (Å²) in [5.74, 6) is -1.29. The van der Waals surface area contributed by atoms with E-state index in [0.29, 0.717) is 3.90 Å². The van der Waals surface area contributed by atoms with E-state index in [1.54, 1.807) is 0 Å². The Morgan fingerprint density at radius 3 is 2.36 bits per heavy atom. The Labute approximate surface area is 92.1 Å². The molecule has 1 aromatic heterocycles. The molecule has 2 aromatic rings. The molecule has 0 radical (unpaired) electrons. The van der Waals surface area contributed by atoms with E-state index in [4.69, 9.17) is 4.42 Å². The second-order valence-corrected chi connectivity index (χ2v) is 3.51. The number of nitrogens with zero attached hydrogens (tertiary/aromatic N) is 1. The minimum atomic E-state index is -0.644. The van der Waals surface area contributed by atoms with Crippen molar-refractivity contribution in [1.29, 1.82) is 0 Å². The van der Waals surface area contributed by atoms with Gasteiger partial charge in [0, 0.05) is 22.6 Å². The van der Waals surface area contributed by atoms with Crippen molar-refractivity contribution in [2.45, 2.75) is 0 Å². The average molecular weight is 307 g/mol. The van der Waals surface area contributed by atoms with Crippen molar-refractivity contribution in [3.8, 4) is 11.3 Å². The van der Waals surface area contributed by atoms with E-state index >= 15 is 0 Å². The quantitative estimate of drug-likeness (QED) is 0.756. The van der Waals surface area contributed by atoms with Crippen LogP contribution in [0.1, 0.15) is 0 Å². The van der Waals surface area contributed by atoms with Gasteiger partial charge in [0.05, 0.1) is 5.56 Å². The topological polar surface area (TPSA) is 26.0 Å². The molecule has 14 heavy (non-hydrogen) atoms. The molecule has 2 nitrogen and oxygen atoms in total. The second-order valence-electron chi connectivity index (χ2n) is 2.58. The van der Waals surface area contributed by atoms with Gasteiger partial charge < -0.3 is 4.42 Å². The number of halogens is 3. The number of rotatable bonds is 1. The summed E-state index contributed by atoms with van der Waals surface area (Å²) in [4.78, 5) is 3.84. The molecule has 0 amide bonds. The van der Waals surface area contributed by atoms with E-state index in [2.05, 4.69) is 4.98 Å². The molecular formula is C9H4F2INO. The zero-order valence-electron chi connectivity index (χ0n) is 6.80. The average Bonchev–Trinajstić information content (AvgIpc) is 2.51. The van der Waals surface area contributed by atoms with E-state index in [0.717, 1.165) is 0 Å². The maximum Gasteiger partial charge on any atom is 0.257 e. The first kappa shape index (κ1) is 9.57. The van der Waals surface area contributed by atoms with E-state index in [1.807, 2.05) is 22.6 Å². The second kappa shape index (κ2) is 3.64. The SMILES string of the molecule is Fc1cccc(F)c1-c1coc(I)n1. The molecule has 0 aliphatic rings. The van der Waals surface area contributed by atoms with Gasteiger partial charge in [-0.05, 0) is 12.1 Å². The molecular weight excluding hydrogens is 303 g/mol. The van der Waals surface area contributed by atoms with Gasteiger partial charge in [-0.2, -0.15) is 0 Å². The van der Waals surface area contributed by atoms with Crippen molar-refractivity contribution in [3.05, 3.63) is 40.0 Å². The lowest BCUT2D eigenvalue weighted by Gasteiger charge is -1.98. The molecule has 0 spiro atoms. The van der Waals surface area contributed by atoms with Crippen LogP contribution in [0.3, 0.4) is 0 Å². The Balaban J connectivity index is 2.61. The van der Waals surface area contributed by atoms with Gasteiger partial charge in [-0.25, -0.2) is 13.8 Å². The Morgan fingerprint density at radius 2 is 1.86 bits per heavy atom. The number of oxazole rings is 1. The molecule has 0 saturated heterocycles. The van der Waals surface area contributed by atoms with Crippen molar-refractivity contribution in [3.63, 3.8) is 0 Å². The summed E-state index contributed by atoms with van der Waals surface area (Å²) in [7, 11) is 0. The highest BCUT2D eigenvalue weighted by atomic mass is 127. The van der Waals surface area contributed by atoms with Gasteiger partial charge in [0.15, 0.2) is 0 Å². The lowest BCUT2D eigenvalue weighted by molar-refractivity contribution is 0.525. The van der Waals surface area contributed by atoms with E-state index in [9.17, 15) is 8.78 Å². The Kier molecular flexibility index (Phi) is 2.49. The minimum absolute atomic E-state index is 0.154. The van der Waals surface area contributed by atoms with Crippen LogP contribution in [0.5, 0.6) is 0 Å². The van der Waals surface area contributed by atoms with Crippen LogP contribution in [0.25, 0.3) is 11.3 Å². The molecule has 5 heteroatoms. The Bertz CT molecular complexity index is 449. The van der Waals surface area contributed by atoms with Crippen molar-refractivity contribution >= 4 is 22.6 Å². The van der Waals surface area contributed by atoms with Gasteiger partial charge in [-0.1, -0.05) is 6.07 Å². The Morgan fingerprint density at radius 1 is 1.21 bits per heavy atom. The predicted molar refractivity (Wildman–Crippen MR) is 54.6 cm³/mol. The summed E-state index contributed by atoms with van der Waals surface area (Å²) in [6, 6.07) is 3.67. The van der Waals surface area contributed by atoms with E-state index in [1.165, 1.54) is 24.5 Å². The molecule has 1 aromatic carbocycles. The molecule has 0 aliphatic carbocycles. The van der Waals surface area contributed by atoms with Crippen molar-refractivity contribution in [2.75, 3.05) is 0 Å². The maximum atomic E-state index is 13.2. The van der Waals surface area contributed by atoms with Gasteiger partial charge in [0.1, 0.15) is 23.6 Å². The first-order valence-corrected chi connectivity index (χ1v) is 4.82. The zero-order valence-corrected chi connectivity index (χ0v) is 8.96. The summed E-state index contributed by atoms with van der Waals surface area (Å²) >= 11 is 1.83. The number of hydrogen-bond donors (Lipinski definition) is 0. The van der Waals surface area contributed by atoms with Crippen LogP contribution < -0.4 is 0 Å². The van der Waals surface area contributed by atoms with Crippen LogP contribution in [-0.4, -0.2) is 4.98 Å². The third-order valence-corrected chi connectivity index (χ3v) is 2.19. The number of benzene rings is 1. The van der Waals surface area contributed by atoms with Crippen molar-refractivity contribution in [2.24, 2.45) is 0 Å². The molecule has 1 heterocycles. The molecule has 0 saturated carbocycles. The van der Waals surface area contributed by atoms with Crippen LogP contribution in [0.2, 0.25) is 0 Å². The van der Waals surface area contributed by atoms with Crippen LogP contribution in [-0.2, 0) is 0 Å². The van der Waals surface area contributed by atoms with E-state index in [-0.39, 0.29) is 11.3 Å². The van der Waals surface area contributed by atoms with Crippen LogP contribution in [0, 0.1) is 15.5 Å². The van der Waals surface area contributed by atoms with Gasteiger partial charge in [0.25, 0.3) is 3.90 Å². The fourth-order valence-electron chi connectivity index (χ4n) is 1.11. The van der Waals surface area contributed by atoms with Crippen LogP contribution >= 0.6 is 22.6 Å². The van der Waals surface area contributed by atoms with Gasteiger partial charge in [-0.15, -0.1) is 0 Å². The highest BCUT2D eigenvalue weighted by molar-refractivity contribution is 14.1. The highest BCUT2D eigenvalue weighted by Crippen LogP contribution is 2.25. The molecule has 0 unspecified atom stereocenters. The largest absolute Gasteiger partial charge is 0.440 e. The highest BCUT2D eigenvalue weighted by Gasteiger charge is 2.14. The molecule has 2 rings (SSSR count). The first-order valence-electron chi connectivity index (χ1n) is 3.74. The zero-order chi connectivity index (χ0) is 10.1. The molecule has 0 fully saturated rings. The summed E-state index contributed by atoms with van der Waals surface area (Å²) in [5, 5.41) is 0. The summed E-state index contributed by atoms with van der Waals surface area (Å²) in [5.41, 5.74) is 0.0177. The number of hydrogen-bond acceptors (Lipinski definition) is 2. The Hall–Kier alpha value is -0.980. The molecule has 0 N–H and O–H groups in total. The van der Waals surface area contributed by atoms with Crippen molar-refractivity contribution < 1.29 is 13.2 Å². The van der Waals surface area contributed by atoms with Gasteiger partial charge in [0.2, 0.25) is 0 Å². The molecule has 0 bridgehead atoms. The fourth-order valence-corrected chi connectivity index (χ4v) is 1.50. The monoisotopic (exact) mass is 307 g/mol. The molecule has 72 valence electrons. The summed E-state index contributed by atoms with van der Waals surface area (Å²) in [6.07, 6.45) is 1.23. The smallest absolute Gasteiger partial charge is 0.257 e. The lowest BCUT2D eigenvalue weighted by atomic mass is 10.1. The first-order chi connectivity index (χ1) is 6.68. The van der Waals surface area contributed by atoms with Gasteiger partial charge >= 0.3 is 0 Å². The number of aromatic nitrogens is 1. The van der Waals surface area contributed by atoms with Crippen LogP contribution in [0.15, 0.2) is 28.9 Å². The fraction of sp³-hybridized carbons (Fsp3) is 0. The third-order valence-electron chi connectivity index (χ3n) is 1.70. The standard InChI is InChI=1S/C9H4F2INO/c10-5-2-1-3-6(11)8(5)7-4-14-9(12)13-7/h1-4H. The molecule has 0 atom stereocenters.